The molecule has 7 nitrogen and oxygen atoms in total. The summed E-state index contributed by atoms with van der Waals surface area (Å²) in [5.41, 5.74) is 1.93. The Morgan fingerprint density at radius 1 is 0.628 bits per heavy atom. The molecule has 0 aliphatic carbocycles. The van der Waals surface area contributed by atoms with E-state index in [2.05, 4.69) is 19.7 Å². The second-order valence-electron chi connectivity index (χ2n) is 9.96. The van der Waals surface area contributed by atoms with E-state index in [1.165, 1.54) is 57.2 Å². The summed E-state index contributed by atoms with van der Waals surface area (Å²) in [6.45, 7) is 14.9. The molecule has 3 aromatic carbocycles. The van der Waals surface area contributed by atoms with Gasteiger partial charge in [-0.1, -0.05) is 44.0 Å². The number of benzene rings is 3. The maximum atomic E-state index is 14.9. The van der Waals surface area contributed by atoms with Gasteiger partial charge in [-0.05, 0) is 79.8 Å². The van der Waals surface area contributed by atoms with Gasteiger partial charge in [0.25, 0.3) is 0 Å². The van der Waals surface area contributed by atoms with Crippen molar-refractivity contribution in [3.8, 4) is 28.4 Å². The molecule has 3 rings (SSSR count). The van der Waals surface area contributed by atoms with Crippen LogP contribution in [0.4, 0.5) is 8.78 Å². The fraction of sp³-hybridized carbons (Fsp3) is 0.176. The Hall–Kier alpha value is -5.18. The van der Waals surface area contributed by atoms with Gasteiger partial charge in [0.15, 0.2) is 23.1 Å². The number of aryl methyl sites for hydroxylation is 1. The van der Waals surface area contributed by atoms with Crippen LogP contribution in [-0.4, -0.2) is 23.7 Å². The smallest absolute Gasteiger partial charge is 0.338 e. The summed E-state index contributed by atoms with van der Waals surface area (Å²) >= 11 is 0. The zero-order valence-corrected chi connectivity index (χ0v) is 24.1. The van der Waals surface area contributed by atoms with Crippen LogP contribution in [0.5, 0.6) is 17.2 Å². The first-order valence-corrected chi connectivity index (χ1v) is 13.1. The predicted molar refractivity (Wildman–Crippen MR) is 157 cm³/mol. The van der Waals surface area contributed by atoms with Gasteiger partial charge in [0.2, 0.25) is 0 Å². The van der Waals surface area contributed by atoms with Gasteiger partial charge in [0.1, 0.15) is 11.6 Å². The summed E-state index contributed by atoms with van der Waals surface area (Å²) in [5.74, 6) is -4.13. The van der Waals surface area contributed by atoms with Crippen LogP contribution in [0.15, 0.2) is 91.1 Å². The van der Waals surface area contributed by atoms with E-state index >= 15 is 0 Å². The fourth-order valence-corrected chi connectivity index (χ4v) is 3.67. The Morgan fingerprint density at radius 2 is 1.12 bits per heavy atom. The van der Waals surface area contributed by atoms with Crippen LogP contribution < -0.4 is 14.2 Å². The summed E-state index contributed by atoms with van der Waals surface area (Å²) in [4.78, 5) is 48.5. The molecule has 0 heterocycles. The number of esters is 3. The number of Topliss-reactive ketones (excluding diaryl/α,β-unsaturated/α-hetero) is 1. The van der Waals surface area contributed by atoms with Crippen molar-refractivity contribution in [2.24, 2.45) is 0 Å². The van der Waals surface area contributed by atoms with Gasteiger partial charge in [0, 0.05) is 29.6 Å². The Bertz CT molecular complexity index is 1650. The second-order valence-corrected chi connectivity index (χ2v) is 9.96. The quantitative estimate of drug-likeness (QED) is 0.130. The third-order valence-electron chi connectivity index (χ3n) is 6.05. The Kier molecular flexibility index (Phi) is 10.6. The zero-order chi connectivity index (χ0) is 31.8. The molecule has 0 spiro atoms. The van der Waals surface area contributed by atoms with Crippen LogP contribution in [0, 0.1) is 11.6 Å². The minimum atomic E-state index is -0.790. The summed E-state index contributed by atoms with van der Waals surface area (Å²) in [5, 5.41) is 0. The van der Waals surface area contributed by atoms with Crippen molar-refractivity contribution in [1.29, 1.82) is 0 Å². The van der Waals surface area contributed by atoms with Gasteiger partial charge in [0.05, 0.1) is 0 Å². The van der Waals surface area contributed by atoms with Gasteiger partial charge in [-0.2, -0.15) is 0 Å². The molecule has 0 radical (unpaired) electrons. The van der Waals surface area contributed by atoms with Gasteiger partial charge >= 0.3 is 17.9 Å². The average Bonchev–Trinajstić information content (AvgIpc) is 2.94. The molecule has 0 aliphatic heterocycles. The summed E-state index contributed by atoms with van der Waals surface area (Å²) in [6, 6.07) is 12.6. The van der Waals surface area contributed by atoms with E-state index < -0.39 is 29.5 Å². The van der Waals surface area contributed by atoms with E-state index in [1.807, 2.05) is 0 Å². The molecule has 0 bridgehead atoms. The molecule has 43 heavy (non-hydrogen) atoms. The lowest BCUT2D eigenvalue weighted by atomic mass is 9.99. The average molecular weight is 589 g/mol. The number of ether oxygens (including phenoxy) is 3. The Morgan fingerprint density at radius 3 is 1.65 bits per heavy atom. The van der Waals surface area contributed by atoms with Crippen molar-refractivity contribution in [3.05, 3.63) is 114 Å². The van der Waals surface area contributed by atoms with Gasteiger partial charge in [-0.15, -0.1) is 0 Å². The third kappa shape index (κ3) is 8.90. The maximum absolute atomic E-state index is 14.9. The summed E-state index contributed by atoms with van der Waals surface area (Å²) in [6.07, 6.45) is 0.0789. The lowest BCUT2D eigenvalue weighted by Gasteiger charge is -2.12. The van der Waals surface area contributed by atoms with Crippen molar-refractivity contribution in [2.45, 2.75) is 40.0 Å². The lowest BCUT2D eigenvalue weighted by molar-refractivity contribution is -0.132. The highest BCUT2D eigenvalue weighted by atomic mass is 19.1. The third-order valence-corrected chi connectivity index (χ3v) is 6.05. The largest absolute Gasteiger partial charge is 0.420 e. The van der Waals surface area contributed by atoms with E-state index in [1.54, 1.807) is 12.1 Å². The topological polar surface area (TPSA) is 96.0 Å². The van der Waals surface area contributed by atoms with E-state index in [0.29, 0.717) is 22.3 Å². The zero-order valence-electron chi connectivity index (χ0n) is 24.1. The molecular formula is C34H30F2O7. The number of ketones is 1. The molecule has 0 amide bonds. The van der Waals surface area contributed by atoms with E-state index in [9.17, 15) is 28.0 Å². The lowest BCUT2D eigenvalue weighted by Crippen LogP contribution is -2.13. The Balaban J connectivity index is 1.68. The fourth-order valence-electron chi connectivity index (χ4n) is 3.67. The molecule has 0 N–H and O–H groups in total. The standard InChI is InChI=1S/C34H30F2O7/c1-19(2)32(38)41-29-14-11-25(18-28(29)36)24-9-8-23(27(35)17-24)10-12-26(37)15-22-7-13-30(42-33(39)20(3)4)31(16-22)43-34(40)21(5)6/h7-9,11,13-14,16-18H,1,3,5,10,12,15H2,2,4,6H3. The number of hydrogen-bond donors (Lipinski definition) is 0. The summed E-state index contributed by atoms with van der Waals surface area (Å²) in [7, 11) is 0. The van der Waals surface area contributed by atoms with Crippen molar-refractivity contribution < 1.29 is 42.2 Å². The number of carbonyl (C=O) groups excluding carboxylic acids is 4. The van der Waals surface area contributed by atoms with Crippen LogP contribution in [0.2, 0.25) is 0 Å². The predicted octanol–water partition coefficient (Wildman–Crippen LogP) is 6.82. The van der Waals surface area contributed by atoms with E-state index in [0.717, 1.165) is 6.07 Å². The normalized spacial score (nSPS) is 10.4. The molecule has 0 unspecified atom stereocenters. The van der Waals surface area contributed by atoms with Crippen molar-refractivity contribution in [3.63, 3.8) is 0 Å². The summed E-state index contributed by atoms with van der Waals surface area (Å²) < 4.78 is 44.8. The highest BCUT2D eigenvalue weighted by Crippen LogP contribution is 2.31. The maximum Gasteiger partial charge on any atom is 0.338 e. The SMILES string of the molecule is C=C(C)C(=O)Oc1ccc(-c2ccc(CCC(=O)Cc3ccc(OC(=O)C(=C)C)c(OC(=O)C(=C)C)c3)c(F)c2)cc1F. The highest BCUT2D eigenvalue weighted by molar-refractivity contribution is 5.91. The van der Waals surface area contributed by atoms with Crippen LogP contribution in [-0.2, 0) is 32.0 Å². The molecule has 222 valence electrons. The monoisotopic (exact) mass is 588 g/mol. The molecular weight excluding hydrogens is 558 g/mol. The highest BCUT2D eigenvalue weighted by Gasteiger charge is 2.18. The van der Waals surface area contributed by atoms with E-state index in [-0.39, 0.29) is 59.0 Å². The molecule has 0 saturated carbocycles. The second kappa shape index (κ2) is 14.1. The molecule has 0 saturated heterocycles. The number of hydrogen-bond acceptors (Lipinski definition) is 7. The number of halogens is 2. The minimum Gasteiger partial charge on any atom is -0.420 e. The Labute approximate surface area is 248 Å². The van der Waals surface area contributed by atoms with Crippen molar-refractivity contribution in [2.75, 3.05) is 0 Å². The number of carbonyl (C=O) groups is 4. The first kappa shape index (κ1) is 32.3. The molecule has 3 aromatic rings. The molecule has 0 fully saturated rings. The van der Waals surface area contributed by atoms with Crippen LogP contribution >= 0.6 is 0 Å². The number of rotatable bonds is 12. The van der Waals surface area contributed by atoms with Crippen molar-refractivity contribution in [1.82, 2.24) is 0 Å². The molecule has 0 aromatic heterocycles. The van der Waals surface area contributed by atoms with Gasteiger partial charge in [-0.25, -0.2) is 23.2 Å². The van der Waals surface area contributed by atoms with Crippen molar-refractivity contribution >= 4 is 23.7 Å². The van der Waals surface area contributed by atoms with Gasteiger partial charge in [-0.3, -0.25) is 4.79 Å². The molecule has 9 heteroatoms. The first-order valence-electron chi connectivity index (χ1n) is 13.1. The first-order chi connectivity index (χ1) is 20.2. The van der Waals surface area contributed by atoms with Crippen LogP contribution in [0.3, 0.4) is 0 Å². The minimum absolute atomic E-state index is 0.0148. The van der Waals surface area contributed by atoms with E-state index in [4.69, 9.17) is 14.2 Å². The molecule has 0 aliphatic rings. The molecule has 0 atom stereocenters. The van der Waals surface area contributed by atoms with Crippen LogP contribution in [0.1, 0.15) is 38.3 Å². The van der Waals surface area contributed by atoms with Crippen LogP contribution in [0.25, 0.3) is 11.1 Å². The van der Waals surface area contributed by atoms with Gasteiger partial charge < -0.3 is 14.2 Å².